The summed E-state index contributed by atoms with van der Waals surface area (Å²) >= 11 is 0. The standard InChI is InChI=1S/C16H24N2O2S/c1-12(2)13-6-8-15(9-7-13)21(3,20)18-10-4-5-14(11-18)16(17)19/h6-9,12,14H,3-5,10-11H2,1-2H3,(H2,17,19). The van der Waals surface area contributed by atoms with Crippen LogP contribution >= 0.6 is 0 Å². The molecular formula is C16H24N2O2S. The monoisotopic (exact) mass is 308 g/mol. The van der Waals surface area contributed by atoms with Crippen molar-refractivity contribution in [2.75, 3.05) is 13.1 Å². The van der Waals surface area contributed by atoms with Crippen LogP contribution in [0.2, 0.25) is 0 Å². The SMILES string of the molecule is C=S(=O)(c1ccc(C(C)C)cc1)N1CCCC(C(N)=O)C1. The van der Waals surface area contributed by atoms with E-state index in [0.29, 0.717) is 19.0 Å². The van der Waals surface area contributed by atoms with Crippen LogP contribution in [0, 0.1) is 5.92 Å². The van der Waals surface area contributed by atoms with Crippen LogP contribution < -0.4 is 5.73 Å². The van der Waals surface area contributed by atoms with Gasteiger partial charge in [-0.15, -0.1) is 0 Å². The third-order valence-corrected chi connectivity index (χ3v) is 6.29. The zero-order valence-electron chi connectivity index (χ0n) is 12.7. The van der Waals surface area contributed by atoms with Gasteiger partial charge in [-0.2, -0.15) is 0 Å². The molecular weight excluding hydrogens is 284 g/mol. The van der Waals surface area contributed by atoms with Crippen molar-refractivity contribution < 1.29 is 9.00 Å². The molecule has 1 aromatic rings. The summed E-state index contributed by atoms with van der Waals surface area (Å²) in [5.74, 6) is 3.83. The highest BCUT2D eigenvalue weighted by atomic mass is 32.2. The Kier molecular flexibility index (Phi) is 4.74. The molecule has 21 heavy (non-hydrogen) atoms. The van der Waals surface area contributed by atoms with Crippen molar-refractivity contribution in [2.45, 2.75) is 37.5 Å². The zero-order valence-corrected chi connectivity index (χ0v) is 13.6. The second kappa shape index (κ2) is 6.20. The molecule has 1 aliphatic rings. The van der Waals surface area contributed by atoms with Crippen molar-refractivity contribution >= 4 is 21.5 Å². The first-order chi connectivity index (χ1) is 9.82. The molecule has 5 heteroatoms. The van der Waals surface area contributed by atoms with E-state index < -0.39 is 9.71 Å². The third kappa shape index (κ3) is 3.47. The lowest BCUT2D eigenvalue weighted by molar-refractivity contribution is -0.122. The second-order valence-electron chi connectivity index (χ2n) is 5.99. The van der Waals surface area contributed by atoms with E-state index in [-0.39, 0.29) is 11.8 Å². The number of carbonyl (C=O) groups is 1. The molecule has 2 N–H and O–H groups in total. The number of benzene rings is 1. The van der Waals surface area contributed by atoms with Crippen molar-refractivity contribution in [3.8, 4) is 0 Å². The Morgan fingerprint density at radius 3 is 2.52 bits per heavy atom. The van der Waals surface area contributed by atoms with Crippen LogP contribution in [0.1, 0.15) is 38.2 Å². The fourth-order valence-electron chi connectivity index (χ4n) is 2.66. The third-order valence-electron chi connectivity index (χ3n) is 4.12. The highest BCUT2D eigenvalue weighted by Crippen LogP contribution is 2.25. The van der Waals surface area contributed by atoms with Crippen LogP contribution in [0.4, 0.5) is 0 Å². The maximum atomic E-state index is 13.1. The normalized spacial score (nSPS) is 22.9. The maximum absolute atomic E-state index is 13.1. The molecule has 116 valence electrons. The first-order valence-corrected chi connectivity index (χ1v) is 9.02. The predicted molar refractivity (Wildman–Crippen MR) is 87.6 cm³/mol. The van der Waals surface area contributed by atoms with Crippen molar-refractivity contribution in [3.63, 3.8) is 0 Å². The summed E-state index contributed by atoms with van der Waals surface area (Å²) in [5.41, 5.74) is 6.60. The number of nitrogens with zero attached hydrogens (tertiary/aromatic N) is 1. The lowest BCUT2D eigenvalue weighted by Crippen LogP contribution is -2.43. The number of piperidine rings is 1. The molecule has 0 saturated carbocycles. The molecule has 2 unspecified atom stereocenters. The highest BCUT2D eigenvalue weighted by Gasteiger charge is 2.29. The molecule has 1 fully saturated rings. The van der Waals surface area contributed by atoms with Crippen LogP contribution in [-0.4, -0.2) is 33.4 Å². The van der Waals surface area contributed by atoms with Crippen LogP contribution in [0.3, 0.4) is 0 Å². The van der Waals surface area contributed by atoms with Gasteiger partial charge in [-0.05, 0) is 42.3 Å². The molecule has 0 radical (unpaired) electrons. The van der Waals surface area contributed by atoms with Crippen LogP contribution in [-0.2, 0) is 14.5 Å². The number of carbonyl (C=O) groups excluding carboxylic acids is 1. The van der Waals surface area contributed by atoms with Gasteiger partial charge >= 0.3 is 0 Å². The van der Waals surface area contributed by atoms with Crippen molar-refractivity contribution in [2.24, 2.45) is 11.7 Å². The van der Waals surface area contributed by atoms with Gasteiger partial charge in [0, 0.05) is 18.0 Å². The number of amides is 1. The number of nitrogens with two attached hydrogens (primary N) is 1. The summed E-state index contributed by atoms with van der Waals surface area (Å²) in [5, 5.41) is 0. The van der Waals surface area contributed by atoms with Gasteiger partial charge in [0.15, 0.2) is 0 Å². The van der Waals surface area contributed by atoms with Crippen LogP contribution in [0.5, 0.6) is 0 Å². The predicted octanol–water partition coefficient (Wildman–Crippen LogP) is 2.00. The van der Waals surface area contributed by atoms with E-state index in [1.165, 1.54) is 5.56 Å². The molecule has 2 atom stereocenters. The van der Waals surface area contributed by atoms with Crippen molar-refractivity contribution in [1.29, 1.82) is 0 Å². The average molecular weight is 308 g/mol. The smallest absolute Gasteiger partial charge is 0.221 e. The van der Waals surface area contributed by atoms with Crippen molar-refractivity contribution in [3.05, 3.63) is 29.8 Å². The Morgan fingerprint density at radius 1 is 1.38 bits per heavy atom. The largest absolute Gasteiger partial charge is 0.369 e. The summed E-state index contributed by atoms with van der Waals surface area (Å²) in [6.45, 7) is 5.37. The molecule has 0 aromatic heterocycles. The fraction of sp³-hybridized carbons (Fsp3) is 0.500. The van der Waals surface area contributed by atoms with E-state index in [2.05, 4.69) is 19.7 Å². The van der Waals surface area contributed by atoms with E-state index in [1.54, 1.807) is 0 Å². The van der Waals surface area contributed by atoms with E-state index >= 15 is 0 Å². The van der Waals surface area contributed by atoms with Crippen LogP contribution in [0.15, 0.2) is 29.2 Å². The lowest BCUT2D eigenvalue weighted by atomic mass is 9.99. The maximum Gasteiger partial charge on any atom is 0.221 e. The molecule has 1 amide bonds. The molecule has 1 heterocycles. The number of rotatable bonds is 4. The highest BCUT2D eigenvalue weighted by molar-refractivity contribution is 7.98. The molecule has 4 nitrogen and oxygen atoms in total. The molecule has 0 spiro atoms. The minimum atomic E-state index is -2.55. The van der Waals surface area contributed by atoms with Gasteiger partial charge in [0.25, 0.3) is 0 Å². The van der Waals surface area contributed by atoms with E-state index in [4.69, 9.17) is 5.73 Å². The Hall–Kier alpha value is -1.33. The lowest BCUT2D eigenvalue weighted by Gasteiger charge is -2.33. The van der Waals surface area contributed by atoms with Gasteiger partial charge in [0.2, 0.25) is 5.91 Å². The second-order valence-corrected chi connectivity index (χ2v) is 8.26. The molecule has 0 aliphatic carbocycles. The summed E-state index contributed by atoms with van der Waals surface area (Å²) in [4.78, 5) is 12.1. The molecule has 1 saturated heterocycles. The van der Waals surface area contributed by atoms with Crippen molar-refractivity contribution in [1.82, 2.24) is 4.31 Å². The van der Waals surface area contributed by atoms with Gasteiger partial charge in [-0.3, -0.25) is 4.79 Å². The molecule has 2 rings (SSSR count). The fourth-order valence-corrected chi connectivity index (χ4v) is 4.36. The van der Waals surface area contributed by atoms with E-state index in [9.17, 15) is 9.00 Å². The Balaban J connectivity index is 2.22. The first kappa shape index (κ1) is 16.0. The van der Waals surface area contributed by atoms with Crippen LogP contribution in [0.25, 0.3) is 0 Å². The van der Waals surface area contributed by atoms with Gasteiger partial charge in [0.1, 0.15) is 0 Å². The van der Waals surface area contributed by atoms with Gasteiger partial charge in [0.05, 0.1) is 15.6 Å². The summed E-state index contributed by atoms with van der Waals surface area (Å²) in [7, 11) is -2.55. The Bertz CT molecular complexity index is 606. The minimum Gasteiger partial charge on any atom is -0.369 e. The Morgan fingerprint density at radius 2 is 2.00 bits per heavy atom. The van der Waals surface area contributed by atoms with Gasteiger partial charge < -0.3 is 5.73 Å². The summed E-state index contributed by atoms with van der Waals surface area (Å²) < 4.78 is 14.9. The quantitative estimate of drug-likeness (QED) is 0.865. The first-order valence-electron chi connectivity index (χ1n) is 7.34. The minimum absolute atomic E-state index is 0.226. The topological polar surface area (TPSA) is 63.4 Å². The molecule has 1 aliphatic heterocycles. The van der Waals surface area contributed by atoms with E-state index in [1.807, 2.05) is 28.6 Å². The Labute approximate surface area is 127 Å². The molecule has 0 bridgehead atoms. The zero-order chi connectivity index (χ0) is 15.6. The summed E-state index contributed by atoms with van der Waals surface area (Å²) in [6.07, 6.45) is 1.60. The molecule has 1 aromatic carbocycles. The number of hydrogen-bond donors (Lipinski definition) is 1. The number of primary amides is 1. The summed E-state index contributed by atoms with van der Waals surface area (Å²) in [6, 6.07) is 7.78. The average Bonchev–Trinajstić information content (AvgIpc) is 2.47. The van der Waals surface area contributed by atoms with Gasteiger partial charge in [-0.25, -0.2) is 8.51 Å². The van der Waals surface area contributed by atoms with E-state index in [0.717, 1.165) is 17.7 Å². The van der Waals surface area contributed by atoms with Gasteiger partial charge in [-0.1, -0.05) is 26.0 Å². The number of hydrogen-bond acceptors (Lipinski definition) is 2.